The minimum absolute atomic E-state index is 0.274. The first kappa shape index (κ1) is 11.7. The van der Waals surface area contributed by atoms with Crippen LogP contribution in [0.25, 0.3) is 0 Å². The molecule has 0 atom stereocenters. The number of nitrogens with zero attached hydrogens (tertiary/aromatic N) is 2. The Morgan fingerprint density at radius 1 is 1.06 bits per heavy atom. The third-order valence-corrected chi connectivity index (χ3v) is 2.34. The number of hydrogen-bond acceptors (Lipinski definition) is 3. The molecular formula is C13H11N4O+. The number of hydrogen-bond donors (Lipinski definition) is 2. The van der Waals surface area contributed by atoms with E-state index in [4.69, 9.17) is 5.53 Å². The molecule has 1 amide bonds. The van der Waals surface area contributed by atoms with E-state index in [-0.39, 0.29) is 5.91 Å². The molecule has 5 nitrogen and oxygen atoms in total. The molecule has 0 saturated heterocycles. The van der Waals surface area contributed by atoms with Gasteiger partial charge in [0.1, 0.15) is 5.53 Å². The molecule has 0 aliphatic carbocycles. The summed E-state index contributed by atoms with van der Waals surface area (Å²) in [6.45, 7) is 0. The standard InChI is InChI=1S/C13H10N4O/c14-17-16-12-9-5-4-8-11(12)13(18)15-10-6-2-1-3-7-10/h1-9,14H/p+1. The molecule has 0 spiro atoms. The van der Waals surface area contributed by atoms with Crippen LogP contribution in [0.5, 0.6) is 0 Å². The molecule has 0 aromatic heterocycles. The molecule has 0 radical (unpaired) electrons. The highest BCUT2D eigenvalue weighted by molar-refractivity contribution is 6.07. The zero-order valence-electron chi connectivity index (χ0n) is 9.50. The molecule has 88 valence electrons. The van der Waals surface area contributed by atoms with Gasteiger partial charge in [0, 0.05) is 5.69 Å². The molecule has 0 unspecified atom stereocenters. The maximum Gasteiger partial charge on any atom is 0.258 e. The zero-order chi connectivity index (χ0) is 12.8. The summed E-state index contributed by atoms with van der Waals surface area (Å²) in [5.41, 5.74) is 8.20. The average Bonchev–Trinajstić information content (AvgIpc) is 2.41. The largest absolute Gasteiger partial charge is 0.322 e. The van der Waals surface area contributed by atoms with Gasteiger partial charge in [-0.05, 0) is 24.3 Å². The van der Waals surface area contributed by atoms with E-state index in [1.807, 2.05) is 18.2 Å². The summed E-state index contributed by atoms with van der Waals surface area (Å²) < 4.78 is 0. The Labute approximate surface area is 104 Å². The molecule has 0 bridgehead atoms. The molecule has 2 aromatic carbocycles. The molecule has 0 heterocycles. The van der Waals surface area contributed by atoms with Crippen molar-refractivity contribution in [2.75, 3.05) is 5.32 Å². The Balaban J connectivity index is 2.27. The normalized spacial score (nSPS) is 9.33. The topological polar surface area (TPSA) is 79.4 Å². The molecule has 5 heteroatoms. The summed E-state index contributed by atoms with van der Waals surface area (Å²) in [5, 5.41) is 6.36. The number of rotatable bonds is 3. The van der Waals surface area contributed by atoms with E-state index in [0.29, 0.717) is 16.9 Å². The number of para-hydroxylation sites is 1. The van der Waals surface area contributed by atoms with Crippen molar-refractivity contribution in [3.05, 3.63) is 60.2 Å². The van der Waals surface area contributed by atoms with Crippen molar-refractivity contribution in [1.29, 1.82) is 5.53 Å². The molecule has 2 aromatic rings. The summed E-state index contributed by atoms with van der Waals surface area (Å²) in [4.78, 5) is 15.0. The third kappa shape index (κ3) is 2.66. The fourth-order valence-electron chi connectivity index (χ4n) is 1.53. The Kier molecular flexibility index (Phi) is 3.59. The van der Waals surface area contributed by atoms with Gasteiger partial charge in [-0.3, -0.25) is 4.79 Å². The maximum absolute atomic E-state index is 12.0. The van der Waals surface area contributed by atoms with Gasteiger partial charge in [-0.2, -0.15) is 0 Å². The van der Waals surface area contributed by atoms with Crippen molar-refractivity contribution in [1.82, 2.24) is 4.91 Å². The lowest BCUT2D eigenvalue weighted by Gasteiger charge is -2.04. The van der Waals surface area contributed by atoms with Crippen LogP contribution < -0.4 is 10.2 Å². The third-order valence-electron chi connectivity index (χ3n) is 2.34. The van der Waals surface area contributed by atoms with Crippen LogP contribution in [0.4, 0.5) is 11.4 Å². The summed E-state index contributed by atoms with van der Waals surface area (Å²) in [7, 11) is 0. The number of benzene rings is 2. The molecule has 0 saturated carbocycles. The van der Waals surface area contributed by atoms with Crippen molar-refractivity contribution in [2.24, 2.45) is 5.11 Å². The summed E-state index contributed by atoms with van der Waals surface area (Å²) in [6.07, 6.45) is 0. The lowest BCUT2D eigenvalue weighted by atomic mass is 10.1. The first-order valence-electron chi connectivity index (χ1n) is 5.34. The second-order valence-corrected chi connectivity index (χ2v) is 3.54. The second-order valence-electron chi connectivity index (χ2n) is 3.54. The monoisotopic (exact) mass is 239 g/mol. The van der Waals surface area contributed by atoms with E-state index in [2.05, 4.69) is 15.3 Å². The van der Waals surface area contributed by atoms with E-state index in [0.717, 1.165) is 0 Å². The Morgan fingerprint density at radius 2 is 1.72 bits per heavy atom. The van der Waals surface area contributed by atoms with Gasteiger partial charge >= 0.3 is 0 Å². The summed E-state index contributed by atoms with van der Waals surface area (Å²) >= 11 is 0. The van der Waals surface area contributed by atoms with Crippen LogP contribution in [0, 0.1) is 5.53 Å². The van der Waals surface area contributed by atoms with Crippen LogP contribution in [-0.4, -0.2) is 5.91 Å². The smallest absolute Gasteiger partial charge is 0.258 e. The van der Waals surface area contributed by atoms with Gasteiger partial charge in [0.15, 0.2) is 10.8 Å². The van der Waals surface area contributed by atoms with Crippen LogP contribution in [0.1, 0.15) is 10.4 Å². The molecular weight excluding hydrogens is 228 g/mol. The highest BCUT2D eigenvalue weighted by Crippen LogP contribution is 2.19. The highest BCUT2D eigenvalue weighted by Gasteiger charge is 2.13. The Bertz CT molecular complexity index is 603. The van der Waals surface area contributed by atoms with Crippen molar-refractivity contribution >= 4 is 17.3 Å². The minimum atomic E-state index is -0.274. The SMILES string of the molecule is N=[N+]=Nc1ccccc1C(=O)Nc1ccccc1. The Hall–Kier alpha value is -2.78. The summed E-state index contributed by atoms with van der Waals surface area (Å²) in [5.74, 6) is -0.274. The number of carbonyl (C=O) groups excluding carboxylic acids is 1. The first-order valence-corrected chi connectivity index (χ1v) is 5.34. The fraction of sp³-hybridized carbons (Fsp3) is 0. The van der Waals surface area contributed by atoms with Crippen molar-refractivity contribution in [3.63, 3.8) is 0 Å². The molecule has 2 rings (SSSR count). The minimum Gasteiger partial charge on any atom is -0.322 e. The lowest BCUT2D eigenvalue weighted by Crippen LogP contribution is -2.11. The fourth-order valence-corrected chi connectivity index (χ4v) is 1.53. The number of amides is 1. The van der Waals surface area contributed by atoms with E-state index in [1.54, 1.807) is 36.4 Å². The van der Waals surface area contributed by atoms with Crippen LogP contribution in [0.15, 0.2) is 59.7 Å². The van der Waals surface area contributed by atoms with Crippen LogP contribution in [-0.2, 0) is 0 Å². The van der Waals surface area contributed by atoms with Crippen molar-refractivity contribution in [3.8, 4) is 0 Å². The van der Waals surface area contributed by atoms with Gasteiger partial charge in [-0.1, -0.05) is 30.3 Å². The average molecular weight is 239 g/mol. The van der Waals surface area contributed by atoms with Crippen molar-refractivity contribution < 1.29 is 4.79 Å². The van der Waals surface area contributed by atoms with Crippen molar-refractivity contribution in [2.45, 2.75) is 0 Å². The predicted molar refractivity (Wildman–Crippen MR) is 67.8 cm³/mol. The predicted octanol–water partition coefficient (Wildman–Crippen LogP) is 3.12. The van der Waals surface area contributed by atoms with Gasteiger partial charge in [0.2, 0.25) is 4.91 Å². The van der Waals surface area contributed by atoms with Gasteiger partial charge in [0.05, 0.1) is 5.56 Å². The lowest BCUT2D eigenvalue weighted by molar-refractivity contribution is 0.102. The van der Waals surface area contributed by atoms with Crippen LogP contribution >= 0.6 is 0 Å². The van der Waals surface area contributed by atoms with E-state index in [9.17, 15) is 4.79 Å². The van der Waals surface area contributed by atoms with E-state index < -0.39 is 0 Å². The number of carbonyl (C=O) groups is 1. The Morgan fingerprint density at radius 3 is 2.44 bits per heavy atom. The molecule has 0 aliphatic heterocycles. The number of nitrogens with one attached hydrogen (secondary N) is 2. The maximum atomic E-state index is 12.0. The molecule has 0 fully saturated rings. The number of anilines is 1. The molecule has 18 heavy (non-hydrogen) atoms. The van der Waals surface area contributed by atoms with Gasteiger partial charge < -0.3 is 5.32 Å². The van der Waals surface area contributed by atoms with Crippen LogP contribution in [0.2, 0.25) is 0 Å². The van der Waals surface area contributed by atoms with E-state index in [1.165, 1.54) is 0 Å². The molecule has 2 N–H and O–H groups in total. The van der Waals surface area contributed by atoms with Crippen LogP contribution in [0.3, 0.4) is 0 Å². The van der Waals surface area contributed by atoms with Gasteiger partial charge in [-0.25, -0.2) is 0 Å². The van der Waals surface area contributed by atoms with Gasteiger partial charge in [-0.15, -0.1) is 0 Å². The van der Waals surface area contributed by atoms with Gasteiger partial charge in [0.25, 0.3) is 5.91 Å². The molecule has 0 aliphatic rings. The first-order chi connectivity index (χ1) is 8.81. The zero-order valence-corrected chi connectivity index (χ0v) is 9.50. The quantitative estimate of drug-likeness (QED) is 0.626. The second kappa shape index (κ2) is 5.52. The summed E-state index contributed by atoms with van der Waals surface area (Å²) in [6, 6.07) is 15.9. The van der Waals surface area contributed by atoms with E-state index >= 15 is 0 Å². The highest BCUT2D eigenvalue weighted by atomic mass is 16.1.